The van der Waals surface area contributed by atoms with Crippen LogP contribution >= 0.6 is 0 Å². The molecule has 2 N–H and O–H groups in total. The predicted molar refractivity (Wildman–Crippen MR) is 74.6 cm³/mol. The Morgan fingerprint density at radius 3 is 2.75 bits per heavy atom. The molecule has 0 amide bonds. The summed E-state index contributed by atoms with van der Waals surface area (Å²) in [6.45, 7) is 2.71. The molecule has 0 bridgehead atoms. The maximum atomic E-state index is 10.5. The molecule has 110 valence electrons. The second-order valence-electron chi connectivity index (χ2n) is 4.58. The summed E-state index contributed by atoms with van der Waals surface area (Å²) < 4.78 is 0. The van der Waals surface area contributed by atoms with Crippen LogP contribution in [0.5, 0.6) is 0 Å². The second kappa shape index (κ2) is 8.08. The minimum atomic E-state index is -0.770. The van der Waals surface area contributed by atoms with Crippen molar-refractivity contribution in [1.82, 2.24) is 4.98 Å². The lowest BCUT2D eigenvalue weighted by Crippen LogP contribution is -2.11. The quantitative estimate of drug-likeness (QED) is 0.532. The summed E-state index contributed by atoms with van der Waals surface area (Å²) >= 11 is 0. The van der Waals surface area contributed by atoms with Crippen LogP contribution in [0, 0.1) is 16.0 Å². The molecule has 0 radical (unpaired) electrons. The van der Waals surface area contributed by atoms with Crippen LogP contribution < -0.4 is 5.32 Å². The van der Waals surface area contributed by atoms with Gasteiger partial charge in [0.1, 0.15) is 12.0 Å². The van der Waals surface area contributed by atoms with Gasteiger partial charge in [0.15, 0.2) is 0 Å². The van der Waals surface area contributed by atoms with E-state index in [1.54, 1.807) is 6.07 Å². The molecule has 1 aromatic heterocycles. The minimum absolute atomic E-state index is 0.0385. The van der Waals surface area contributed by atoms with Crippen LogP contribution in [0.25, 0.3) is 0 Å². The Balaban J connectivity index is 2.35. The highest BCUT2D eigenvalue weighted by Gasteiger charge is 2.09. The van der Waals surface area contributed by atoms with Gasteiger partial charge in [-0.05, 0) is 24.8 Å². The van der Waals surface area contributed by atoms with Crippen LogP contribution in [-0.2, 0) is 4.79 Å². The molecule has 0 aliphatic heterocycles. The summed E-state index contributed by atoms with van der Waals surface area (Å²) in [7, 11) is 0. The molecule has 20 heavy (non-hydrogen) atoms. The monoisotopic (exact) mass is 281 g/mol. The van der Waals surface area contributed by atoms with Gasteiger partial charge in [-0.2, -0.15) is 0 Å². The third-order valence-electron chi connectivity index (χ3n) is 3.16. The average molecular weight is 281 g/mol. The number of carboxylic acid groups (broad SMARTS) is 1. The summed E-state index contributed by atoms with van der Waals surface area (Å²) in [5.41, 5.74) is -0.0385. The van der Waals surface area contributed by atoms with Crippen LogP contribution in [0.3, 0.4) is 0 Å². The van der Waals surface area contributed by atoms with Crippen LogP contribution in [0.1, 0.15) is 32.6 Å². The van der Waals surface area contributed by atoms with E-state index in [0.717, 1.165) is 12.8 Å². The standard InChI is InChI=1S/C13H19N3O4/c1-2-10(3-6-13(17)18)7-8-14-12-5-4-11(9-15-12)16(19)20/h4-5,9-10H,2-3,6-8H2,1H3,(H,14,15)(H,17,18). The molecule has 1 rings (SSSR count). The predicted octanol–water partition coefficient (Wildman–Crippen LogP) is 2.68. The molecule has 7 nitrogen and oxygen atoms in total. The first kappa shape index (κ1) is 15.9. The first-order valence-corrected chi connectivity index (χ1v) is 6.59. The Morgan fingerprint density at radius 1 is 1.50 bits per heavy atom. The molecule has 0 aliphatic rings. The van der Waals surface area contributed by atoms with Gasteiger partial charge in [0, 0.05) is 19.0 Å². The molecule has 1 unspecified atom stereocenters. The molecular formula is C13H19N3O4. The van der Waals surface area contributed by atoms with E-state index in [2.05, 4.69) is 10.3 Å². The largest absolute Gasteiger partial charge is 0.481 e. The van der Waals surface area contributed by atoms with E-state index in [1.165, 1.54) is 12.3 Å². The number of aromatic nitrogens is 1. The number of nitrogens with zero attached hydrogens (tertiary/aromatic N) is 2. The fourth-order valence-electron chi connectivity index (χ4n) is 1.88. The van der Waals surface area contributed by atoms with E-state index in [0.29, 0.717) is 24.7 Å². The number of nitro groups is 1. The molecule has 0 fully saturated rings. The second-order valence-corrected chi connectivity index (χ2v) is 4.58. The highest BCUT2D eigenvalue weighted by molar-refractivity contribution is 5.66. The van der Waals surface area contributed by atoms with Gasteiger partial charge in [-0.3, -0.25) is 14.9 Å². The van der Waals surface area contributed by atoms with Crippen molar-refractivity contribution in [2.75, 3.05) is 11.9 Å². The highest BCUT2D eigenvalue weighted by Crippen LogP contribution is 2.16. The van der Waals surface area contributed by atoms with E-state index in [1.807, 2.05) is 6.92 Å². The highest BCUT2D eigenvalue weighted by atomic mass is 16.6. The smallest absolute Gasteiger partial charge is 0.303 e. The zero-order valence-electron chi connectivity index (χ0n) is 11.4. The van der Waals surface area contributed by atoms with E-state index >= 15 is 0 Å². The molecule has 7 heteroatoms. The van der Waals surface area contributed by atoms with Crippen molar-refractivity contribution in [3.8, 4) is 0 Å². The molecule has 0 saturated heterocycles. The molecule has 1 heterocycles. The third-order valence-corrected chi connectivity index (χ3v) is 3.16. The molecule has 0 spiro atoms. The SMILES string of the molecule is CCC(CCNc1ccc([N+](=O)[O-])cn1)CCC(=O)O. The van der Waals surface area contributed by atoms with Crippen molar-refractivity contribution in [1.29, 1.82) is 0 Å². The lowest BCUT2D eigenvalue weighted by molar-refractivity contribution is -0.385. The first-order valence-electron chi connectivity index (χ1n) is 6.59. The summed E-state index contributed by atoms with van der Waals surface area (Å²) in [6, 6.07) is 2.97. The van der Waals surface area contributed by atoms with Gasteiger partial charge in [0.2, 0.25) is 0 Å². The number of aliphatic carboxylic acids is 1. The molecular weight excluding hydrogens is 262 g/mol. The van der Waals surface area contributed by atoms with Gasteiger partial charge >= 0.3 is 5.97 Å². The third kappa shape index (κ3) is 5.64. The Bertz CT molecular complexity index is 447. The Morgan fingerprint density at radius 2 is 2.25 bits per heavy atom. The lowest BCUT2D eigenvalue weighted by atomic mass is 9.97. The van der Waals surface area contributed by atoms with Crippen LogP contribution in [-0.4, -0.2) is 27.5 Å². The average Bonchev–Trinajstić information content (AvgIpc) is 2.42. The van der Waals surface area contributed by atoms with Gasteiger partial charge in [-0.25, -0.2) is 4.98 Å². The Labute approximate surface area is 117 Å². The summed E-state index contributed by atoms with van der Waals surface area (Å²) in [5, 5.41) is 22.2. The van der Waals surface area contributed by atoms with E-state index < -0.39 is 10.9 Å². The van der Waals surface area contributed by atoms with Crippen molar-refractivity contribution < 1.29 is 14.8 Å². The molecule has 1 atom stereocenters. The van der Waals surface area contributed by atoms with Crippen molar-refractivity contribution in [3.63, 3.8) is 0 Å². The van der Waals surface area contributed by atoms with Crippen molar-refractivity contribution in [2.24, 2.45) is 5.92 Å². The van der Waals surface area contributed by atoms with Crippen molar-refractivity contribution >= 4 is 17.5 Å². The van der Waals surface area contributed by atoms with E-state index in [9.17, 15) is 14.9 Å². The van der Waals surface area contributed by atoms with Crippen molar-refractivity contribution in [3.05, 3.63) is 28.4 Å². The molecule has 0 aromatic carbocycles. The number of carbonyl (C=O) groups is 1. The first-order chi connectivity index (χ1) is 9.52. The van der Waals surface area contributed by atoms with E-state index in [-0.39, 0.29) is 12.1 Å². The zero-order valence-corrected chi connectivity index (χ0v) is 11.4. The number of nitrogens with one attached hydrogen (secondary N) is 1. The van der Waals surface area contributed by atoms with Gasteiger partial charge in [-0.1, -0.05) is 13.3 Å². The van der Waals surface area contributed by atoms with Gasteiger partial charge in [-0.15, -0.1) is 0 Å². The minimum Gasteiger partial charge on any atom is -0.481 e. The number of carboxylic acids is 1. The molecule has 1 aromatic rings. The fourth-order valence-corrected chi connectivity index (χ4v) is 1.88. The van der Waals surface area contributed by atoms with Crippen molar-refractivity contribution in [2.45, 2.75) is 32.6 Å². The van der Waals surface area contributed by atoms with E-state index in [4.69, 9.17) is 5.11 Å². The lowest BCUT2D eigenvalue weighted by Gasteiger charge is -2.14. The van der Waals surface area contributed by atoms with Crippen LogP contribution in [0.2, 0.25) is 0 Å². The number of hydrogen-bond donors (Lipinski definition) is 2. The topological polar surface area (TPSA) is 105 Å². The van der Waals surface area contributed by atoms with Gasteiger partial charge < -0.3 is 10.4 Å². The molecule has 0 saturated carbocycles. The number of rotatable bonds is 9. The number of anilines is 1. The van der Waals surface area contributed by atoms with Gasteiger partial charge in [0.05, 0.1) is 4.92 Å². The fraction of sp³-hybridized carbons (Fsp3) is 0.538. The summed E-state index contributed by atoms with van der Waals surface area (Å²) in [5.74, 6) is 0.175. The van der Waals surface area contributed by atoms with Crippen LogP contribution in [0.4, 0.5) is 11.5 Å². The summed E-state index contributed by atoms with van der Waals surface area (Å²) in [4.78, 5) is 24.5. The normalized spacial score (nSPS) is 11.8. The Kier molecular flexibility index (Phi) is 6.42. The number of hydrogen-bond acceptors (Lipinski definition) is 5. The summed E-state index contributed by atoms with van der Waals surface area (Å²) in [6.07, 6.45) is 3.85. The maximum absolute atomic E-state index is 10.5. The molecule has 0 aliphatic carbocycles. The van der Waals surface area contributed by atoms with Crippen LogP contribution in [0.15, 0.2) is 18.3 Å². The number of pyridine rings is 1. The van der Waals surface area contributed by atoms with Gasteiger partial charge in [0.25, 0.3) is 5.69 Å². The zero-order chi connectivity index (χ0) is 15.0. The maximum Gasteiger partial charge on any atom is 0.303 e. The Hall–Kier alpha value is -2.18.